The van der Waals surface area contributed by atoms with Crippen molar-refractivity contribution in [3.63, 3.8) is 0 Å². The summed E-state index contributed by atoms with van der Waals surface area (Å²) in [7, 11) is 2.13. The number of nitrogens with zero attached hydrogens (tertiary/aromatic N) is 2. The Balaban J connectivity index is 1.82. The van der Waals surface area contributed by atoms with Gasteiger partial charge in [0, 0.05) is 41.9 Å². The summed E-state index contributed by atoms with van der Waals surface area (Å²) in [4.78, 5) is 6.87. The molecule has 0 aromatic carbocycles. The van der Waals surface area contributed by atoms with Crippen molar-refractivity contribution >= 4 is 11.8 Å². The van der Waals surface area contributed by atoms with Gasteiger partial charge in [-0.2, -0.15) is 11.8 Å². The molecule has 1 aliphatic carbocycles. The highest BCUT2D eigenvalue weighted by Gasteiger charge is 2.35. The molecule has 0 bridgehead atoms. The van der Waals surface area contributed by atoms with Crippen LogP contribution in [0.25, 0.3) is 0 Å². The number of fused-ring (bicyclic) bond motifs is 1. The summed E-state index contributed by atoms with van der Waals surface area (Å²) in [6, 6.07) is 4.45. The Kier molecular flexibility index (Phi) is 4.10. The van der Waals surface area contributed by atoms with Crippen molar-refractivity contribution in [1.82, 2.24) is 9.88 Å². The number of hydrogen-bond acceptors (Lipinski definition) is 4. The first kappa shape index (κ1) is 13.4. The van der Waals surface area contributed by atoms with Crippen molar-refractivity contribution in [3.8, 4) is 0 Å². The normalized spacial score (nSPS) is 29.8. The molecule has 4 heteroatoms. The number of aromatic nitrogens is 1. The van der Waals surface area contributed by atoms with Gasteiger partial charge in [0.25, 0.3) is 0 Å². The SMILES string of the molecule is CN1CCSCC1C(O)C1CCCc2cccnc21. The van der Waals surface area contributed by atoms with Crippen molar-refractivity contribution in [1.29, 1.82) is 0 Å². The molecule has 2 aliphatic rings. The molecule has 1 aromatic heterocycles. The van der Waals surface area contributed by atoms with Crippen molar-refractivity contribution in [3.05, 3.63) is 29.6 Å². The van der Waals surface area contributed by atoms with Gasteiger partial charge in [-0.1, -0.05) is 6.07 Å². The van der Waals surface area contributed by atoms with Crippen LogP contribution in [-0.2, 0) is 6.42 Å². The minimum absolute atomic E-state index is 0.219. The molecular formula is C15H22N2OS. The van der Waals surface area contributed by atoms with Gasteiger partial charge in [0.1, 0.15) is 0 Å². The third kappa shape index (κ3) is 2.67. The lowest BCUT2D eigenvalue weighted by atomic mass is 9.81. The van der Waals surface area contributed by atoms with Gasteiger partial charge in [0.2, 0.25) is 0 Å². The smallest absolute Gasteiger partial charge is 0.0786 e. The molecule has 0 spiro atoms. The van der Waals surface area contributed by atoms with Gasteiger partial charge in [-0.15, -0.1) is 0 Å². The van der Waals surface area contributed by atoms with Crippen LogP contribution in [0.3, 0.4) is 0 Å². The van der Waals surface area contributed by atoms with E-state index < -0.39 is 0 Å². The van der Waals surface area contributed by atoms with Gasteiger partial charge in [-0.05, 0) is 37.9 Å². The molecule has 2 heterocycles. The number of hydrogen-bond donors (Lipinski definition) is 1. The fourth-order valence-corrected chi connectivity index (χ4v) is 4.59. The summed E-state index contributed by atoms with van der Waals surface area (Å²) in [5, 5.41) is 10.8. The zero-order valence-electron chi connectivity index (χ0n) is 11.5. The van der Waals surface area contributed by atoms with Crippen LogP contribution >= 0.6 is 11.8 Å². The lowest BCUT2D eigenvalue weighted by Gasteiger charge is -2.39. The number of rotatable bonds is 2. The molecule has 1 N–H and O–H groups in total. The number of aryl methyl sites for hydroxylation is 1. The van der Waals surface area contributed by atoms with Crippen LogP contribution in [0.1, 0.15) is 30.0 Å². The van der Waals surface area contributed by atoms with Gasteiger partial charge in [-0.3, -0.25) is 9.88 Å². The third-order valence-corrected chi connectivity index (χ3v) is 5.54. The molecule has 1 fully saturated rings. The highest BCUT2D eigenvalue weighted by Crippen LogP contribution is 2.35. The van der Waals surface area contributed by atoms with Crippen LogP contribution < -0.4 is 0 Å². The van der Waals surface area contributed by atoms with Gasteiger partial charge in [0.15, 0.2) is 0 Å². The molecule has 1 aromatic rings. The van der Waals surface area contributed by atoms with Crippen molar-refractivity contribution < 1.29 is 5.11 Å². The highest BCUT2D eigenvalue weighted by molar-refractivity contribution is 7.99. The van der Waals surface area contributed by atoms with E-state index in [1.807, 2.05) is 24.0 Å². The zero-order valence-corrected chi connectivity index (χ0v) is 12.3. The van der Waals surface area contributed by atoms with E-state index in [0.29, 0.717) is 0 Å². The molecule has 3 atom stereocenters. The average Bonchev–Trinajstić information content (AvgIpc) is 2.46. The lowest BCUT2D eigenvalue weighted by molar-refractivity contribution is 0.0486. The molecule has 0 radical (unpaired) electrons. The summed E-state index contributed by atoms with van der Waals surface area (Å²) in [5.41, 5.74) is 2.48. The Morgan fingerprint density at radius 1 is 1.53 bits per heavy atom. The number of aliphatic hydroxyl groups is 1. The maximum Gasteiger partial charge on any atom is 0.0786 e. The minimum atomic E-state index is -0.285. The topological polar surface area (TPSA) is 36.4 Å². The number of aliphatic hydroxyl groups excluding tert-OH is 1. The molecule has 3 unspecified atom stereocenters. The van der Waals surface area contributed by atoms with E-state index in [4.69, 9.17) is 0 Å². The molecule has 0 saturated carbocycles. The molecule has 3 nitrogen and oxygen atoms in total. The lowest BCUT2D eigenvalue weighted by Crippen LogP contribution is -2.49. The van der Waals surface area contributed by atoms with E-state index in [1.54, 1.807) is 0 Å². The second-order valence-electron chi connectivity index (χ2n) is 5.66. The Labute approximate surface area is 119 Å². The van der Waals surface area contributed by atoms with Gasteiger partial charge in [0.05, 0.1) is 6.10 Å². The van der Waals surface area contributed by atoms with Gasteiger partial charge in [-0.25, -0.2) is 0 Å². The molecule has 19 heavy (non-hydrogen) atoms. The van der Waals surface area contributed by atoms with Crippen LogP contribution in [0, 0.1) is 0 Å². The summed E-state index contributed by atoms with van der Waals surface area (Å²) < 4.78 is 0. The maximum atomic E-state index is 10.8. The van der Waals surface area contributed by atoms with E-state index in [0.717, 1.165) is 30.8 Å². The summed E-state index contributed by atoms with van der Waals surface area (Å²) in [5.74, 6) is 2.44. The predicted molar refractivity (Wildman–Crippen MR) is 79.7 cm³/mol. The second kappa shape index (κ2) is 5.81. The summed E-state index contributed by atoms with van der Waals surface area (Å²) >= 11 is 1.96. The molecule has 104 valence electrons. The van der Waals surface area contributed by atoms with Crippen LogP contribution in [0.5, 0.6) is 0 Å². The number of pyridine rings is 1. The van der Waals surface area contributed by atoms with E-state index in [-0.39, 0.29) is 18.1 Å². The molecule has 3 rings (SSSR count). The Morgan fingerprint density at radius 3 is 3.26 bits per heavy atom. The zero-order chi connectivity index (χ0) is 13.2. The van der Waals surface area contributed by atoms with E-state index in [1.165, 1.54) is 17.7 Å². The first-order valence-corrected chi connectivity index (χ1v) is 8.32. The monoisotopic (exact) mass is 278 g/mol. The first-order valence-electron chi connectivity index (χ1n) is 7.17. The van der Waals surface area contributed by atoms with Crippen LogP contribution in [0.2, 0.25) is 0 Å². The Hall–Kier alpha value is -0.580. The fourth-order valence-electron chi connectivity index (χ4n) is 3.31. The van der Waals surface area contributed by atoms with Gasteiger partial charge < -0.3 is 5.11 Å². The standard InChI is InChI=1S/C15H22N2OS/c1-17-8-9-19-10-13(17)15(18)12-6-2-4-11-5-3-7-16-14(11)12/h3,5,7,12-13,15,18H,2,4,6,8-10H2,1H3. The van der Waals surface area contributed by atoms with E-state index in [9.17, 15) is 5.11 Å². The Bertz CT molecular complexity index is 440. The van der Waals surface area contributed by atoms with Crippen LogP contribution in [0.4, 0.5) is 0 Å². The fraction of sp³-hybridized carbons (Fsp3) is 0.667. The van der Waals surface area contributed by atoms with Crippen LogP contribution in [0.15, 0.2) is 18.3 Å². The Morgan fingerprint density at radius 2 is 2.42 bits per heavy atom. The predicted octanol–water partition coefficient (Wildman–Crippen LogP) is 1.91. The first-order chi connectivity index (χ1) is 9.27. The number of likely N-dealkylation sites (N-methyl/N-ethyl adjacent to an activating group) is 1. The molecular weight excluding hydrogens is 256 g/mol. The van der Waals surface area contributed by atoms with Gasteiger partial charge >= 0.3 is 0 Å². The molecule has 1 aliphatic heterocycles. The largest absolute Gasteiger partial charge is 0.391 e. The summed E-state index contributed by atoms with van der Waals surface area (Å²) in [6.07, 6.45) is 4.93. The summed E-state index contributed by atoms with van der Waals surface area (Å²) in [6.45, 7) is 1.08. The van der Waals surface area contributed by atoms with Crippen molar-refractivity contribution in [2.45, 2.75) is 37.3 Å². The average molecular weight is 278 g/mol. The maximum absolute atomic E-state index is 10.8. The second-order valence-corrected chi connectivity index (χ2v) is 6.81. The van der Waals surface area contributed by atoms with Crippen molar-refractivity contribution in [2.75, 3.05) is 25.1 Å². The molecule has 1 saturated heterocycles. The third-order valence-electron chi connectivity index (χ3n) is 4.49. The number of thioether (sulfide) groups is 1. The highest BCUT2D eigenvalue weighted by atomic mass is 32.2. The quantitative estimate of drug-likeness (QED) is 0.896. The minimum Gasteiger partial charge on any atom is -0.391 e. The van der Waals surface area contributed by atoms with E-state index in [2.05, 4.69) is 23.0 Å². The van der Waals surface area contributed by atoms with Crippen LogP contribution in [-0.4, -0.2) is 52.2 Å². The van der Waals surface area contributed by atoms with Crippen molar-refractivity contribution in [2.24, 2.45) is 0 Å². The molecule has 0 amide bonds. The van der Waals surface area contributed by atoms with E-state index >= 15 is 0 Å².